The van der Waals surface area contributed by atoms with E-state index in [0.29, 0.717) is 24.0 Å². The Labute approximate surface area is 169 Å². The quantitative estimate of drug-likeness (QED) is 0.711. The summed E-state index contributed by atoms with van der Waals surface area (Å²) in [5.74, 6) is 0.171. The molecule has 152 valence electrons. The molecular weight excluding hydrogens is 400 g/mol. The summed E-state index contributed by atoms with van der Waals surface area (Å²) in [5.41, 5.74) is 0.592. The van der Waals surface area contributed by atoms with Crippen LogP contribution in [0.2, 0.25) is 0 Å². The number of anilines is 1. The average Bonchev–Trinajstić information content (AvgIpc) is 3.32. The summed E-state index contributed by atoms with van der Waals surface area (Å²) >= 11 is 1.22. The summed E-state index contributed by atoms with van der Waals surface area (Å²) in [6.45, 7) is 7.12. The van der Waals surface area contributed by atoms with Crippen molar-refractivity contribution >= 4 is 33.6 Å². The molecule has 1 aliphatic heterocycles. The van der Waals surface area contributed by atoms with Gasteiger partial charge in [0.05, 0.1) is 16.5 Å². The minimum Gasteiger partial charge on any atom is -0.338 e. The van der Waals surface area contributed by atoms with E-state index in [-0.39, 0.29) is 22.0 Å². The van der Waals surface area contributed by atoms with Crippen molar-refractivity contribution < 1.29 is 17.7 Å². The Balaban J connectivity index is 1.54. The van der Waals surface area contributed by atoms with Gasteiger partial charge < -0.3 is 4.52 Å². The standard InChI is InChI=1S/C18H24N4O4S2/c1-18(2,3)14-10-16(26-21-14)20-15(23)12-27-17-7-6-13(11-19-17)28(24,25)22-8-4-5-9-22/h6-7,10-11H,4-5,8-9,12H2,1-3H3,(H,20,23). The molecule has 0 bridgehead atoms. The number of carbonyl (C=O) groups excluding carboxylic acids is 1. The number of sulfonamides is 1. The second-order valence-corrected chi connectivity index (χ2v) is 10.5. The highest BCUT2D eigenvalue weighted by Crippen LogP contribution is 2.25. The molecule has 0 atom stereocenters. The topological polar surface area (TPSA) is 105 Å². The maximum absolute atomic E-state index is 12.5. The second kappa shape index (κ2) is 8.22. The molecule has 0 saturated carbocycles. The van der Waals surface area contributed by atoms with Crippen LogP contribution in [0.15, 0.2) is 38.8 Å². The summed E-state index contributed by atoms with van der Waals surface area (Å²) in [6.07, 6.45) is 3.12. The van der Waals surface area contributed by atoms with Gasteiger partial charge in [-0.1, -0.05) is 37.7 Å². The molecule has 0 aliphatic carbocycles. The van der Waals surface area contributed by atoms with Gasteiger partial charge in [-0.25, -0.2) is 13.4 Å². The van der Waals surface area contributed by atoms with Crippen LogP contribution < -0.4 is 5.32 Å². The molecule has 0 spiro atoms. The zero-order valence-electron chi connectivity index (χ0n) is 16.1. The van der Waals surface area contributed by atoms with E-state index >= 15 is 0 Å². The van der Waals surface area contributed by atoms with Crippen LogP contribution in [0.5, 0.6) is 0 Å². The van der Waals surface area contributed by atoms with E-state index < -0.39 is 10.0 Å². The summed E-state index contributed by atoms with van der Waals surface area (Å²) in [4.78, 5) is 16.4. The highest BCUT2D eigenvalue weighted by atomic mass is 32.2. The van der Waals surface area contributed by atoms with Gasteiger partial charge in [-0.3, -0.25) is 10.1 Å². The molecule has 1 fully saturated rings. The van der Waals surface area contributed by atoms with E-state index in [9.17, 15) is 13.2 Å². The molecule has 0 radical (unpaired) electrons. The Hall–Kier alpha value is -1.91. The first-order valence-corrected chi connectivity index (χ1v) is 11.4. The Morgan fingerprint density at radius 3 is 2.57 bits per heavy atom. The minimum atomic E-state index is -3.47. The van der Waals surface area contributed by atoms with Crippen LogP contribution in [0.4, 0.5) is 5.88 Å². The minimum absolute atomic E-state index is 0.122. The fourth-order valence-corrected chi connectivity index (χ4v) is 4.79. The Morgan fingerprint density at radius 1 is 1.29 bits per heavy atom. The molecule has 1 aliphatic rings. The van der Waals surface area contributed by atoms with Gasteiger partial charge in [0.15, 0.2) is 0 Å². The van der Waals surface area contributed by atoms with Crippen molar-refractivity contribution in [2.75, 3.05) is 24.2 Å². The van der Waals surface area contributed by atoms with Crippen LogP contribution in [0.25, 0.3) is 0 Å². The van der Waals surface area contributed by atoms with Gasteiger partial charge in [-0.2, -0.15) is 4.31 Å². The van der Waals surface area contributed by atoms with Crippen molar-refractivity contribution in [3.05, 3.63) is 30.1 Å². The largest absolute Gasteiger partial charge is 0.338 e. The fourth-order valence-electron chi connectivity index (χ4n) is 2.68. The van der Waals surface area contributed by atoms with Gasteiger partial charge in [-0.05, 0) is 25.0 Å². The molecule has 28 heavy (non-hydrogen) atoms. The van der Waals surface area contributed by atoms with Gasteiger partial charge in [0.2, 0.25) is 21.8 Å². The lowest BCUT2D eigenvalue weighted by molar-refractivity contribution is -0.113. The molecule has 0 aromatic carbocycles. The number of thioether (sulfide) groups is 1. The number of amides is 1. The predicted molar refractivity (Wildman–Crippen MR) is 107 cm³/mol. The van der Waals surface area contributed by atoms with Gasteiger partial charge in [0.25, 0.3) is 0 Å². The summed E-state index contributed by atoms with van der Waals surface area (Å²) in [7, 11) is -3.47. The van der Waals surface area contributed by atoms with Crippen LogP contribution >= 0.6 is 11.8 Å². The van der Waals surface area contributed by atoms with Crippen molar-refractivity contribution in [1.82, 2.24) is 14.4 Å². The molecular formula is C18H24N4O4S2. The van der Waals surface area contributed by atoms with Crippen molar-refractivity contribution in [3.8, 4) is 0 Å². The first kappa shape index (κ1) is 20.8. The Kier molecular flexibility index (Phi) is 6.11. The van der Waals surface area contributed by atoms with Crippen LogP contribution in [0.1, 0.15) is 39.3 Å². The average molecular weight is 425 g/mol. The first-order valence-electron chi connectivity index (χ1n) is 9.02. The molecule has 3 rings (SSSR count). The van der Waals surface area contributed by atoms with E-state index in [1.807, 2.05) is 20.8 Å². The number of hydrogen-bond donors (Lipinski definition) is 1. The number of carbonyl (C=O) groups is 1. The number of nitrogens with one attached hydrogen (secondary N) is 1. The molecule has 3 heterocycles. The molecule has 8 nitrogen and oxygen atoms in total. The molecule has 0 unspecified atom stereocenters. The second-order valence-electron chi connectivity index (χ2n) is 7.61. The number of pyridine rings is 1. The zero-order chi connectivity index (χ0) is 20.4. The van der Waals surface area contributed by atoms with E-state index in [1.165, 1.54) is 28.3 Å². The van der Waals surface area contributed by atoms with E-state index in [4.69, 9.17) is 4.52 Å². The van der Waals surface area contributed by atoms with Gasteiger partial charge in [0.1, 0.15) is 4.90 Å². The normalized spacial score (nSPS) is 15.7. The van der Waals surface area contributed by atoms with E-state index in [0.717, 1.165) is 18.5 Å². The number of rotatable bonds is 6. The molecule has 1 amide bonds. The van der Waals surface area contributed by atoms with Crippen LogP contribution in [-0.4, -0.2) is 47.6 Å². The maximum Gasteiger partial charge on any atom is 0.244 e. The summed E-state index contributed by atoms with van der Waals surface area (Å²) in [5, 5.41) is 7.19. The molecule has 1 saturated heterocycles. The van der Waals surface area contributed by atoms with Crippen LogP contribution in [0, 0.1) is 0 Å². The lowest BCUT2D eigenvalue weighted by Crippen LogP contribution is -2.27. The number of aromatic nitrogens is 2. The van der Waals surface area contributed by atoms with Crippen LogP contribution in [-0.2, 0) is 20.2 Å². The summed E-state index contributed by atoms with van der Waals surface area (Å²) < 4.78 is 31.6. The fraction of sp³-hybridized carbons (Fsp3) is 0.500. The maximum atomic E-state index is 12.5. The van der Waals surface area contributed by atoms with Crippen molar-refractivity contribution in [3.63, 3.8) is 0 Å². The molecule has 1 N–H and O–H groups in total. The number of nitrogens with zero attached hydrogens (tertiary/aromatic N) is 3. The third kappa shape index (κ3) is 4.92. The highest BCUT2D eigenvalue weighted by molar-refractivity contribution is 7.99. The van der Waals surface area contributed by atoms with Crippen LogP contribution in [0.3, 0.4) is 0 Å². The Morgan fingerprint density at radius 2 is 2.00 bits per heavy atom. The first-order chi connectivity index (χ1) is 13.2. The monoisotopic (exact) mass is 424 g/mol. The van der Waals surface area contributed by atoms with E-state index in [1.54, 1.807) is 12.1 Å². The SMILES string of the molecule is CC(C)(C)c1cc(NC(=O)CSc2ccc(S(=O)(=O)N3CCCC3)cn2)on1. The summed E-state index contributed by atoms with van der Waals surface area (Å²) in [6, 6.07) is 4.86. The van der Waals surface area contributed by atoms with Crippen molar-refractivity contribution in [2.24, 2.45) is 0 Å². The third-order valence-electron chi connectivity index (χ3n) is 4.30. The lowest BCUT2D eigenvalue weighted by Gasteiger charge is -2.15. The smallest absolute Gasteiger partial charge is 0.244 e. The highest BCUT2D eigenvalue weighted by Gasteiger charge is 2.27. The molecule has 2 aromatic rings. The van der Waals surface area contributed by atoms with Crippen molar-refractivity contribution in [1.29, 1.82) is 0 Å². The Bertz CT molecular complexity index is 927. The number of hydrogen-bond acceptors (Lipinski definition) is 7. The molecule has 2 aromatic heterocycles. The van der Waals surface area contributed by atoms with E-state index in [2.05, 4.69) is 15.5 Å². The third-order valence-corrected chi connectivity index (χ3v) is 7.13. The van der Waals surface area contributed by atoms with Gasteiger partial charge >= 0.3 is 0 Å². The van der Waals surface area contributed by atoms with Gasteiger partial charge in [0, 0.05) is 30.8 Å². The van der Waals surface area contributed by atoms with Gasteiger partial charge in [-0.15, -0.1) is 0 Å². The zero-order valence-corrected chi connectivity index (χ0v) is 17.8. The predicted octanol–water partition coefficient (Wildman–Crippen LogP) is 2.88. The molecule has 10 heteroatoms. The van der Waals surface area contributed by atoms with Crippen molar-refractivity contribution in [2.45, 2.75) is 48.9 Å². The lowest BCUT2D eigenvalue weighted by atomic mass is 9.92.